The number of nitro groups is 1. The average molecular weight is 231 g/mol. The molecule has 4 heteroatoms. The van der Waals surface area contributed by atoms with Gasteiger partial charge >= 0.3 is 0 Å². The number of allylic oxidation sites excluding steroid dienone is 1. The molecule has 0 radical (unpaired) electrons. The topological polar surface area (TPSA) is 63.4 Å². The van der Waals surface area contributed by atoms with Gasteiger partial charge in [0, 0.05) is 16.4 Å². The van der Waals surface area contributed by atoms with Gasteiger partial charge in [-0.1, -0.05) is 30.4 Å². The number of para-hydroxylation sites is 1. The third kappa shape index (κ3) is 1.44. The van der Waals surface area contributed by atoms with Gasteiger partial charge in [-0.05, 0) is 18.4 Å². The highest BCUT2D eigenvalue weighted by Gasteiger charge is 2.53. The van der Waals surface area contributed by atoms with Crippen LogP contribution in [0.3, 0.4) is 0 Å². The summed E-state index contributed by atoms with van der Waals surface area (Å²) in [6, 6.07) is 6.37. The van der Waals surface area contributed by atoms with Crippen molar-refractivity contribution in [2.24, 2.45) is 11.8 Å². The summed E-state index contributed by atoms with van der Waals surface area (Å²) in [4.78, 5) is 11.0. The molecule has 0 amide bonds. The van der Waals surface area contributed by atoms with E-state index in [2.05, 4.69) is 6.08 Å². The zero-order chi connectivity index (χ0) is 12.0. The lowest BCUT2D eigenvalue weighted by atomic mass is 9.83. The fourth-order valence-electron chi connectivity index (χ4n) is 3.27. The van der Waals surface area contributed by atoms with Gasteiger partial charge in [0.1, 0.15) is 5.75 Å². The van der Waals surface area contributed by atoms with E-state index in [0.717, 1.165) is 6.42 Å². The highest BCUT2D eigenvalue weighted by Crippen LogP contribution is 2.51. The Morgan fingerprint density at radius 1 is 1.24 bits per heavy atom. The van der Waals surface area contributed by atoms with Crippen molar-refractivity contribution in [3.63, 3.8) is 0 Å². The van der Waals surface area contributed by atoms with Crippen molar-refractivity contribution < 1.29 is 10.0 Å². The van der Waals surface area contributed by atoms with E-state index in [9.17, 15) is 15.2 Å². The molecule has 0 spiro atoms. The van der Waals surface area contributed by atoms with E-state index in [-0.39, 0.29) is 28.4 Å². The zero-order valence-corrected chi connectivity index (χ0v) is 9.19. The zero-order valence-electron chi connectivity index (χ0n) is 9.19. The molecule has 4 atom stereocenters. The first-order valence-corrected chi connectivity index (χ1v) is 5.78. The minimum absolute atomic E-state index is 0.0274. The number of aromatic hydroxyl groups is 1. The second-order valence-corrected chi connectivity index (χ2v) is 4.81. The number of hydrogen-bond acceptors (Lipinski definition) is 3. The summed E-state index contributed by atoms with van der Waals surface area (Å²) < 4.78 is 0. The van der Waals surface area contributed by atoms with Crippen molar-refractivity contribution in [3.8, 4) is 5.75 Å². The Labute approximate surface area is 98.7 Å². The van der Waals surface area contributed by atoms with Crippen LogP contribution in [0.2, 0.25) is 0 Å². The van der Waals surface area contributed by atoms with E-state index < -0.39 is 6.04 Å². The maximum absolute atomic E-state index is 11.2. The van der Waals surface area contributed by atoms with Crippen LogP contribution in [-0.4, -0.2) is 16.1 Å². The Kier molecular flexibility index (Phi) is 2.18. The molecule has 0 saturated heterocycles. The van der Waals surface area contributed by atoms with Crippen molar-refractivity contribution in [2.45, 2.75) is 18.4 Å². The van der Waals surface area contributed by atoms with Crippen molar-refractivity contribution >= 4 is 0 Å². The highest BCUT2D eigenvalue weighted by molar-refractivity contribution is 5.39. The van der Waals surface area contributed by atoms with E-state index in [1.807, 2.05) is 12.1 Å². The van der Waals surface area contributed by atoms with E-state index in [4.69, 9.17) is 0 Å². The third-order valence-electron chi connectivity index (χ3n) is 3.96. The molecule has 1 fully saturated rings. The first-order valence-electron chi connectivity index (χ1n) is 5.78. The number of benzene rings is 1. The largest absolute Gasteiger partial charge is 0.508 e. The van der Waals surface area contributed by atoms with Crippen LogP contribution in [0.4, 0.5) is 0 Å². The van der Waals surface area contributed by atoms with Gasteiger partial charge in [0.05, 0.1) is 5.92 Å². The van der Waals surface area contributed by atoms with Crippen molar-refractivity contribution in [1.82, 2.24) is 0 Å². The van der Waals surface area contributed by atoms with Crippen LogP contribution in [0, 0.1) is 22.0 Å². The van der Waals surface area contributed by atoms with Crippen molar-refractivity contribution in [2.75, 3.05) is 0 Å². The van der Waals surface area contributed by atoms with Gasteiger partial charge in [0.25, 0.3) is 0 Å². The Morgan fingerprint density at radius 3 is 2.65 bits per heavy atom. The number of hydrogen-bond donors (Lipinski definition) is 1. The first kappa shape index (κ1) is 10.3. The van der Waals surface area contributed by atoms with E-state index in [0.29, 0.717) is 5.56 Å². The molecule has 1 N–H and O–H groups in total. The molecule has 17 heavy (non-hydrogen) atoms. The number of fused-ring (bicyclic) bond motifs is 2. The Hall–Kier alpha value is -1.84. The normalized spacial score (nSPS) is 34.1. The molecule has 1 aromatic rings. The highest BCUT2D eigenvalue weighted by atomic mass is 16.6. The van der Waals surface area contributed by atoms with E-state index in [1.54, 1.807) is 18.2 Å². The fourth-order valence-corrected chi connectivity index (χ4v) is 3.27. The summed E-state index contributed by atoms with van der Waals surface area (Å²) in [5, 5.41) is 21.0. The molecule has 3 rings (SSSR count). The van der Waals surface area contributed by atoms with Crippen LogP contribution >= 0.6 is 0 Å². The SMILES string of the molecule is O=[N+]([O-])[C@H]1[C@H](c2ccccc2O)[C@H]2C=C[C@@H]1C2. The average Bonchev–Trinajstić information content (AvgIpc) is 2.89. The first-order chi connectivity index (χ1) is 8.18. The summed E-state index contributed by atoms with van der Waals surface area (Å²) in [5.41, 5.74) is 0.714. The van der Waals surface area contributed by atoms with Gasteiger partial charge in [-0.2, -0.15) is 0 Å². The number of phenols is 1. The Balaban J connectivity index is 2.05. The van der Waals surface area contributed by atoms with Gasteiger partial charge < -0.3 is 5.11 Å². The summed E-state index contributed by atoms with van der Waals surface area (Å²) in [6.45, 7) is 0. The monoisotopic (exact) mass is 231 g/mol. The van der Waals surface area contributed by atoms with Crippen LogP contribution in [0.15, 0.2) is 36.4 Å². The van der Waals surface area contributed by atoms with Crippen LogP contribution in [0.25, 0.3) is 0 Å². The molecule has 1 saturated carbocycles. The van der Waals surface area contributed by atoms with Crippen molar-refractivity contribution in [3.05, 3.63) is 52.1 Å². The number of rotatable bonds is 2. The lowest BCUT2D eigenvalue weighted by Crippen LogP contribution is -2.31. The van der Waals surface area contributed by atoms with Gasteiger partial charge in [-0.25, -0.2) is 0 Å². The molecule has 88 valence electrons. The minimum Gasteiger partial charge on any atom is -0.508 e. The third-order valence-corrected chi connectivity index (χ3v) is 3.96. The van der Waals surface area contributed by atoms with Crippen LogP contribution < -0.4 is 0 Å². The lowest BCUT2D eigenvalue weighted by Gasteiger charge is -2.22. The summed E-state index contributed by atoms with van der Waals surface area (Å²) in [5.74, 6) is 0.217. The Bertz CT molecular complexity index is 497. The predicted octanol–water partition coefficient (Wildman–Crippen LogP) is 2.33. The van der Waals surface area contributed by atoms with Crippen LogP contribution in [0.1, 0.15) is 17.9 Å². The summed E-state index contributed by atoms with van der Waals surface area (Å²) >= 11 is 0. The van der Waals surface area contributed by atoms with Gasteiger partial charge in [-0.3, -0.25) is 10.1 Å². The molecule has 0 unspecified atom stereocenters. The maximum atomic E-state index is 11.2. The lowest BCUT2D eigenvalue weighted by molar-refractivity contribution is -0.530. The van der Waals surface area contributed by atoms with E-state index in [1.165, 1.54) is 0 Å². The number of nitrogens with zero attached hydrogens (tertiary/aromatic N) is 1. The molecule has 1 aromatic carbocycles. The Morgan fingerprint density at radius 2 is 1.94 bits per heavy atom. The minimum atomic E-state index is -0.585. The van der Waals surface area contributed by atoms with Gasteiger partial charge in [0.2, 0.25) is 6.04 Å². The maximum Gasteiger partial charge on any atom is 0.226 e. The van der Waals surface area contributed by atoms with Crippen LogP contribution in [0.5, 0.6) is 5.75 Å². The summed E-state index contributed by atoms with van der Waals surface area (Å²) in [7, 11) is 0. The fraction of sp³-hybridized carbons (Fsp3) is 0.385. The van der Waals surface area contributed by atoms with Crippen LogP contribution in [-0.2, 0) is 0 Å². The molecule has 4 nitrogen and oxygen atoms in total. The smallest absolute Gasteiger partial charge is 0.226 e. The number of phenolic OH excluding ortho intramolecular Hbond substituents is 1. The molecule has 0 aromatic heterocycles. The molecular formula is C13H13NO3. The van der Waals surface area contributed by atoms with E-state index >= 15 is 0 Å². The van der Waals surface area contributed by atoms with Gasteiger partial charge in [0.15, 0.2) is 0 Å². The molecule has 0 aliphatic heterocycles. The molecule has 2 bridgehead atoms. The van der Waals surface area contributed by atoms with Gasteiger partial charge in [-0.15, -0.1) is 0 Å². The molecule has 0 heterocycles. The molecular weight excluding hydrogens is 218 g/mol. The molecule has 2 aliphatic rings. The second-order valence-electron chi connectivity index (χ2n) is 4.81. The summed E-state index contributed by atoms with van der Waals surface area (Å²) in [6.07, 6.45) is 4.85. The standard InChI is InChI=1S/C13H13NO3/c15-11-4-2-1-3-10(11)12-8-5-6-9(7-8)13(12)14(16)17/h1-6,8-9,12-13,15H,7H2/t8-,9+,12-,13+/m0/s1. The predicted molar refractivity (Wildman–Crippen MR) is 62.4 cm³/mol. The van der Waals surface area contributed by atoms with Crippen molar-refractivity contribution in [1.29, 1.82) is 0 Å². The molecule has 2 aliphatic carbocycles. The quantitative estimate of drug-likeness (QED) is 0.482. The second kappa shape index (κ2) is 3.58.